The molecular formula is C34H42N6O3. The van der Waals surface area contributed by atoms with Crippen molar-refractivity contribution in [3.8, 4) is 5.75 Å². The van der Waals surface area contributed by atoms with Crippen LogP contribution in [-0.2, 0) is 11.3 Å². The molecule has 0 radical (unpaired) electrons. The number of hydrogen-bond donors (Lipinski definition) is 3. The maximum Gasteiger partial charge on any atom is 0.318 e. The molecule has 43 heavy (non-hydrogen) atoms. The second-order valence-corrected chi connectivity index (χ2v) is 11.5. The number of amides is 3. The Labute approximate surface area is 253 Å². The number of para-hydroxylation sites is 2. The molecule has 0 bridgehead atoms. The summed E-state index contributed by atoms with van der Waals surface area (Å²) in [5.74, 6) is -0.0534. The highest BCUT2D eigenvalue weighted by molar-refractivity contribution is 5.99. The highest BCUT2D eigenvalue weighted by Crippen LogP contribution is 2.31. The molecule has 2 heterocycles. The molecule has 3 aromatic carbocycles. The first kappa shape index (κ1) is 30.0. The summed E-state index contributed by atoms with van der Waals surface area (Å²) in [5, 5.41) is 7.21. The lowest BCUT2D eigenvalue weighted by molar-refractivity contribution is -0.118. The molecule has 0 spiro atoms. The van der Waals surface area contributed by atoms with E-state index < -0.39 is 6.04 Å². The predicted molar refractivity (Wildman–Crippen MR) is 173 cm³/mol. The third-order valence-corrected chi connectivity index (χ3v) is 8.22. The number of ether oxygens (including phenoxy) is 1. The molecule has 226 valence electrons. The number of benzene rings is 3. The average molecular weight is 583 g/mol. The van der Waals surface area contributed by atoms with E-state index in [2.05, 4.69) is 44.5 Å². The van der Waals surface area contributed by atoms with Crippen LogP contribution in [0, 0.1) is 6.92 Å². The van der Waals surface area contributed by atoms with E-state index in [0.717, 1.165) is 35.1 Å². The zero-order valence-electron chi connectivity index (χ0n) is 25.7. The molecular weight excluding hydrogens is 540 g/mol. The number of rotatable bonds is 9. The van der Waals surface area contributed by atoms with Gasteiger partial charge in [0.1, 0.15) is 11.8 Å². The van der Waals surface area contributed by atoms with Crippen LogP contribution >= 0.6 is 0 Å². The molecule has 3 N–H and O–H groups in total. The maximum absolute atomic E-state index is 14.1. The first-order valence-electron chi connectivity index (χ1n) is 14.8. The normalized spacial score (nSPS) is 14.9. The van der Waals surface area contributed by atoms with Gasteiger partial charge < -0.3 is 35.1 Å². The summed E-state index contributed by atoms with van der Waals surface area (Å²) in [7, 11) is 5.58. The molecule has 1 fully saturated rings. The summed E-state index contributed by atoms with van der Waals surface area (Å²) in [6.45, 7) is 7.39. The smallest absolute Gasteiger partial charge is 0.318 e. The standard InChI is InChI=1S/C34H42N6O3/c1-23-10-6-9-13-30(23)39-16-18-40(19-17-39)34(42)37-32(24(2)27-21-35-28-12-8-7-11-26(27)28)33(41)36-29-20-25(22-38(3)4)14-15-31(29)43-5/h6-15,20-21,24,32,35H,16-19,22H2,1-5H3,(H,36,41)(H,37,42)/t24-,32-/m1/s1. The number of fused-ring (bicyclic) bond motifs is 1. The van der Waals surface area contributed by atoms with Gasteiger partial charge in [-0.3, -0.25) is 4.79 Å². The zero-order valence-corrected chi connectivity index (χ0v) is 25.7. The fourth-order valence-electron chi connectivity index (χ4n) is 5.89. The van der Waals surface area contributed by atoms with E-state index in [1.54, 1.807) is 12.0 Å². The molecule has 9 heteroatoms. The number of piperazine rings is 1. The Bertz CT molecular complexity index is 1570. The second-order valence-electron chi connectivity index (χ2n) is 11.5. The molecule has 1 aromatic heterocycles. The van der Waals surface area contributed by atoms with Gasteiger partial charge in [0.15, 0.2) is 0 Å². The molecule has 5 rings (SSSR count). The van der Waals surface area contributed by atoms with Crippen LogP contribution in [0.15, 0.2) is 72.9 Å². The van der Waals surface area contributed by atoms with Crippen molar-refractivity contribution < 1.29 is 14.3 Å². The van der Waals surface area contributed by atoms with Gasteiger partial charge >= 0.3 is 6.03 Å². The Hall–Kier alpha value is -4.50. The van der Waals surface area contributed by atoms with Crippen molar-refractivity contribution in [2.24, 2.45) is 0 Å². The van der Waals surface area contributed by atoms with Crippen LogP contribution in [0.5, 0.6) is 5.75 Å². The molecule has 1 aliphatic heterocycles. The Morgan fingerprint density at radius 3 is 2.44 bits per heavy atom. The van der Waals surface area contributed by atoms with Gasteiger partial charge in [0.2, 0.25) is 5.91 Å². The SMILES string of the molecule is COc1ccc(CN(C)C)cc1NC(=O)[C@H](NC(=O)N1CCN(c2ccccc2C)CC1)[C@H](C)c1c[nH]c2ccccc12. The van der Waals surface area contributed by atoms with E-state index in [9.17, 15) is 9.59 Å². The fourth-order valence-corrected chi connectivity index (χ4v) is 5.89. The summed E-state index contributed by atoms with van der Waals surface area (Å²) in [6.07, 6.45) is 1.93. The van der Waals surface area contributed by atoms with Crippen LogP contribution in [0.3, 0.4) is 0 Å². The van der Waals surface area contributed by atoms with Crippen LogP contribution in [0.1, 0.15) is 29.5 Å². The molecule has 0 aliphatic carbocycles. The van der Waals surface area contributed by atoms with Crippen molar-refractivity contribution >= 4 is 34.2 Å². The number of carbonyl (C=O) groups is 2. The van der Waals surface area contributed by atoms with Gasteiger partial charge in [-0.25, -0.2) is 4.79 Å². The van der Waals surface area contributed by atoms with Crippen LogP contribution in [0.4, 0.5) is 16.2 Å². The number of nitrogens with one attached hydrogen (secondary N) is 3. The van der Waals surface area contributed by atoms with E-state index in [4.69, 9.17) is 4.74 Å². The molecule has 1 aliphatic rings. The number of anilines is 2. The first-order valence-corrected chi connectivity index (χ1v) is 14.8. The lowest BCUT2D eigenvalue weighted by Crippen LogP contribution is -2.56. The summed E-state index contributed by atoms with van der Waals surface area (Å²) >= 11 is 0. The van der Waals surface area contributed by atoms with Crippen molar-refractivity contribution in [3.63, 3.8) is 0 Å². The highest BCUT2D eigenvalue weighted by Gasteiger charge is 2.32. The van der Waals surface area contributed by atoms with Gasteiger partial charge in [0, 0.05) is 61.4 Å². The third kappa shape index (κ3) is 6.78. The molecule has 9 nitrogen and oxygen atoms in total. The van der Waals surface area contributed by atoms with E-state index in [0.29, 0.717) is 31.1 Å². The van der Waals surface area contributed by atoms with Crippen molar-refractivity contribution in [1.29, 1.82) is 0 Å². The molecule has 1 saturated heterocycles. The zero-order chi connectivity index (χ0) is 30.5. The van der Waals surface area contributed by atoms with Gasteiger partial charge in [-0.05, 0) is 62.0 Å². The summed E-state index contributed by atoms with van der Waals surface area (Å²) in [4.78, 5) is 37.2. The van der Waals surface area contributed by atoms with Gasteiger partial charge in [-0.15, -0.1) is 0 Å². The summed E-state index contributed by atoms with van der Waals surface area (Å²) < 4.78 is 5.57. The fraction of sp³-hybridized carbons (Fsp3) is 0.353. The lowest BCUT2D eigenvalue weighted by atomic mass is 9.92. The molecule has 2 atom stereocenters. The number of urea groups is 1. The van der Waals surface area contributed by atoms with Gasteiger partial charge in [0.05, 0.1) is 12.8 Å². The number of methoxy groups -OCH3 is 1. The molecule has 3 amide bonds. The third-order valence-electron chi connectivity index (χ3n) is 8.22. The minimum atomic E-state index is -0.830. The van der Waals surface area contributed by atoms with Crippen LogP contribution in [-0.4, -0.2) is 80.1 Å². The van der Waals surface area contributed by atoms with E-state index >= 15 is 0 Å². The van der Waals surface area contributed by atoms with E-state index in [-0.39, 0.29) is 17.9 Å². The number of aromatic amines is 1. The average Bonchev–Trinajstić information content (AvgIpc) is 3.44. The van der Waals surface area contributed by atoms with Gasteiger partial charge in [0.25, 0.3) is 0 Å². The number of aromatic nitrogens is 1. The van der Waals surface area contributed by atoms with E-state index in [1.807, 2.05) is 81.8 Å². The second kappa shape index (κ2) is 13.2. The molecule has 0 unspecified atom stereocenters. The lowest BCUT2D eigenvalue weighted by Gasteiger charge is -2.37. The van der Waals surface area contributed by atoms with Crippen molar-refractivity contribution in [2.75, 3.05) is 57.6 Å². The molecule has 0 saturated carbocycles. The predicted octanol–water partition coefficient (Wildman–Crippen LogP) is 5.19. The summed E-state index contributed by atoms with van der Waals surface area (Å²) in [6, 6.07) is 21.0. The highest BCUT2D eigenvalue weighted by atomic mass is 16.5. The minimum Gasteiger partial charge on any atom is -0.495 e. The number of H-pyrrole nitrogens is 1. The van der Waals surface area contributed by atoms with Gasteiger partial charge in [-0.2, -0.15) is 0 Å². The van der Waals surface area contributed by atoms with Gasteiger partial charge in [-0.1, -0.05) is 49.4 Å². The first-order chi connectivity index (χ1) is 20.7. The Balaban J connectivity index is 1.37. The number of nitrogens with zero attached hydrogens (tertiary/aromatic N) is 3. The van der Waals surface area contributed by atoms with Crippen molar-refractivity contribution in [2.45, 2.75) is 32.4 Å². The summed E-state index contributed by atoms with van der Waals surface area (Å²) in [5.41, 5.74) is 5.98. The number of carbonyl (C=O) groups excluding carboxylic acids is 2. The Morgan fingerprint density at radius 1 is 1.00 bits per heavy atom. The largest absolute Gasteiger partial charge is 0.495 e. The number of hydrogen-bond acceptors (Lipinski definition) is 5. The Morgan fingerprint density at radius 2 is 1.72 bits per heavy atom. The Kier molecular flexibility index (Phi) is 9.21. The van der Waals surface area contributed by atoms with Crippen LogP contribution in [0.2, 0.25) is 0 Å². The number of aryl methyl sites for hydroxylation is 1. The van der Waals surface area contributed by atoms with Crippen molar-refractivity contribution in [3.05, 3.63) is 89.6 Å². The monoisotopic (exact) mass is 582 g/mol. The van der Waals surface area contributed by atoms with Crippen LogP contribution in [0.25, 0.3) is 10.9 Å². The minimum absolute atomic E-state index is 0.246. The molecule has 4 aromatic rings. The quantitative estimate of drug-likeness (QED) is 0.253. The van der Waals surface area contributed by atoms with Crippen molar-refractivity contribution in [1.82, 2.24) is 20.1 Å². The van der Waals surface area contributed by atoms with E-state index in [1.165, 1.54) is 11.3 Å². The maximum atomic E-state index is 14.1. The topological polar surface area (TPSA) is 92.9 Å². The van der Waals surface area contributed by atoms with Crippen LogP contribution < -0.4 is 20.3 Å².